The molecule has 3 heteroatoms. The zero-order valence-electron chi connectivity index (χ0n) is 7.47. The van der Waals surface area contributed by atoms with Crippen molar-refractivity contribution < 1.29 is 4.79 Å². The number of carbonyl (C=O) groups excluding carboxylic acids is 1. The van der Waals surface area contributed by atoms with Gasteiger partial charge in [-0.2, -0.15) is 0 Å². The van der Waals surface area contributed by atoms with Crippen LogP contribution in [0.4, 0.5) is 0 Å². The van der Waals surface area contributed by atoms with Crippen LogP contribution in [0.25, 0.3) is 0 Å². The first-order valence-corrected chi connectivity index (χ1v) is 4.37. The van der Waals surface area contributed by atoms with Crippen LogP contribution >= 0.6 is 0 Å². The minimum Gasteiger partial charge on any atom is -0.348 e. The van der Waals surface area contributed by atoms with Crippen molar-refractivity contribution in [2.45, 2.75) is 19.4 Å². The van der Waals surface area contributed by atoms with Gasteiger partial charge in [-0.15, -0.1) is 0 Å². The summed E-state index contributed by atoms with van der Waals surface area (Å²) in [6.45, 7) is 7.51. The predicted octanol–water partition coefficient (Wildman–Crippen LogP) is 0.287. The minimum absolute atomic E-state index is 0.0736. The SMILES string of the molecule is C=CC(=O)NC1CNCCC1C. The molecule has 1 fully saturated rings. The molecule has 0 aromatic rings. The summed E-state index contributed by atoms with van der Waals surface area (Å²) < 4.78 is 0. The number of rotatable bonds is 2. The highest BCUT2D eigenvalue weighted by Crippen LogP contribution is 2.10. The van der Waals surface area contributed by atoms with Crippen molar-refractivity contribution in [2.24, 2.45) is 5.92 Å². The summed E-state index contributed by atoms with van der Waals surface area (Å²) in [5, 5.41) is 6.14. The number of piperidine rings is 1. The van der Waals surface area contributed by atoms with Crippen molar-refractivity contribution in [3.63, 3.8) is 0 Å². The van der Waals surface area contributed by atoms with Gasteiger partial charge >= 0.3 is 0 Å². The molecule has 1 heterocycles. The smallest absolute Gasteiger partial charge is 0.243 e. The molecule has 1 amide bonds. The molecule has 1 saturated heterocycles. The largest absolute Gasteiger partial charge is 0.348 e. The van der Waals surface area contributed by atoms with Crippen LogP contribution in [0.3, 0.4) is 0 Å². The van der Waals surface area contributed by atoms with Gasteiger partial charge in [0.05, 0.1) is 0 Å². The number of hydrogen-bond acceptors (Lipinski definition) is 2. The van der Waals surface area contributed by atoms with E-state index in [1.807, 2.05) is 0 Å². The van der Waals surface area contributed by atoms with Crippen LogP contribution in [0.5, 0.6) is 0 Å². The lowest BCUT2D eigenvalue weighted by Gasteiger charge is -2.29. The van der Waals surface area contributed by atoms with E-state index in [4.69, 9.17) is 0 Å². The third-order valence-corrected chi connectivity index (χ3v) is 2.34. The molecule has 0 aromatic heterocycles. The third kappa shape index (κ3) is 2.34. The first-order chi connectivity index (χ1) is 5.74. The van der Waals surface area contributed by atoms with Crippen LogP contribution in [-0.2, 0) is 4.79 Å². The van der Waals surface area contributed by atoms with Crippen molar-refractivity contribution in [1.29, 1.82) is 0 Å². The number of hydrogen-bond donors (Lipinski definition) is 2. The van der Waals surface area contributed by atoms with Crippen molar-refractivity contribution in [3.05, 3.63) is 12.7 Å². The van der Waals surface area contributed by atoms with Crippen molar-refractivity contribution in [3.8, 4) is 0 Å². The fourth-order valence-electron chi connectivity index (χ4n) is 1.42. The zero-order chi connectivity index (χ0) is 8.97. The third-order valence-electron chi connectivity index (χ3n) is 2.34. The van der Waals surface area contributed by atoms with E-state index < -0.39 is 0 Å². The van der Waals surface area contributed by atoms with E-state index in [0.29, 0.717) is 5.92 Å². The summed E-state index contributed by atoms with van der Waals surface area (Å²) in [6.07, 6.45) is 2.45. The predicted molar refractivity (Wildman–Crippen MR) is 48.8 cm³/mol. The second-order valence-corrected chi connectivity index (χ2v) is 3.29. The summed E-state index contributed by atoms with van der Waals surface area (Å²) >= 11 is 0. The molecule has 12 heavy (non-hydrogen) atoms. The molecule has 0 spiro atoms. The Morgan fingerprint density at radius 2 is 2.50 bits per heavy atom. The minimum atomic E-state index is -0.0736. The van der Waals surface area contributed by atoms with E-state index in [2.05, 4.69) is 24.1 Å². The van der Waals surface area contributed by atoms with E-state index in [9.17, 15) is 4.79 Å². The highest BCUT2D eigenvalue weighted by Gasteiger charge is 2.21. The molecule has 0 saturated carbocycles. The summed E-state index contributed by atoms with van der Waals surface area (Å²) in [5.41, 5.74) is 0. The van der Waals surface area contributed by atoms with Crippen molar-refractivity contribution in [2.75, 3.05) is 13.1 Å². The summed E-state index contributed by atoms with van der Waals surface area (Å²) in [7, 11) is 0. The maximum atomic E-state index is 11.0. The van der Waals surface area contributed by atoms with Gasteiger partial charge in [-0.25, -0.2) is 0 Å². The van der Waals surface area contributed by atoms with Crippen LogP contribution in [0, 0.1) is 5.92 Å². The molecule has 2 unspecified atom stereocenters. The molecule has 1 aliphatic heterocycles. The lowest BCUT2D eigenvalue weighted by Crippen LogP contribution is -2.49. The van der Waals surface area contributed by atoms with Gasteiger partial charge in [0, 0.05) is 12.6 Å². The molecule has 1 aliphatic rings. The molecular weight excluding hydrogens is 152 g/mol. The average Bonchev–Trinajstić information content (AvgIpc) is 2.09. The fraction of sp³-hybridized carbons (Fsp3) is 0.667. The Hall–Kier alpha value is -0.830. The Morgan fingerprint density at radius 3 is 3.08 bits per heavy atom. The van der Waals surface area contributed by atoms with E-state index in [0.717, 1.165) is 19.5 Å². The molecule has 0 radical (unpaired) electrons. The molecule has 3 nitrogen and oxygen atoms in total. The number of nitrogens with one attached hydrogen (secondary N) is 2. The Balaban J connectivity index is 2.38. The monoisotopic (exact) mass is 168 g/mol. The standard InChI is InChI=1S/C9H16N2O/c1-3-9(12)11-8-6-10-5-4-7(8)2/h3,7-8,10H,1,4-6H2,2H3,(H,11,12). The summed E-state index contributed by atoms with van der Waals surface area (Å²) in [5.74, 6) is 0.491. The Labute approximate surface area is 73.2 Å². The average molecular weight is 168 g/mol. The molecule has 68 valence electrons. The maximum absolute atomic E-state index is 11.0. The van der Waals surface area contributed by atoms with Gasteiger partial charge in [-0.05, 0) is 25.0 Å². The second-order valence-electron chi connectivity index (χ2n) is 3.29. The fourth-order valence-corrected chi connectivity index (χ4v) is 1.42. The zero-order valence-corrected chi connectivity index (χ0v) is 7.47. The van der Waals surface area contributed by atoms with Gasteiger partial charge in [0.25, 0.3) is 0 Å². The van der Waals surface area contributed by atoms with Crippen LogP contribution in [0.15, 0.2) is 12.7 Å². The quantitative estimate of drug-likeness (QED) is 0.582. The number of amides is 1. The Bertz CT molecular complexity index is 179. The highest BCUT2D eigenvalue weighted by atomic mass is 16.1. The van der Waals surface area contributed by atoms with E-state index >= 15 is 0 Å². The molecule has 0 aliphatic carbocycles. The van der Waals surface area contributed by atoms with E-state index in [1.54, 1.807) is 0 Å². The first kappa shape index (κ1) is 9.26. The topological polar surface area (TPSA) is 41.1 Å². The van der Waals surface area contributed by atoms with Gasteiger partial charge in [-0.3, -0.25) is 4.79 Å². The first-order valence-electron chi connectivity index (χ1n) is 4.37. The van der Waals surface area contributed by atoms with Crippen molar-refractivity contribution in [1.82, 2.24) is 10.6 Å². The highest BCUT2D eigenvalue weighted by molar-refractivity contribution is 5.87. The summed E-state index contributed by atoms with van der Waals surface area (Å²) in [6, 6.07) is 0.268. The Kier molecular flexibility index (Phi) is 3.29. The second kappa shape index (κ2) is 4.26. The van der Waals surface area contributed by atoms with Gasteiger partial charge in [0.2, 0.25) is 5.91 Å². The van der Waals surface area contributed by atoms with Crippen molar-refractivity contribution >= 4 is 5.91 Å². The molecular formula is C9H16N2O. The lowest BCUT2D eigenvalue weighted by atomic mass is 9.95. The summed E-state index contributed by atoms with van der Waals surface area (Å²) in [4.78, 5) is 11.0. The normalized spacial score (nSPS) is 29.4. The van der Waals surface area contributed by atoms with Crippen LogP contribution in [0.2, 0.25) is 0 Å². The molecule has 1 rings (SSSR count). The van der Waals surface area contributed by atoms with Gasteiger partial charge < -0.3 is 10.6 Å². The maximum Gasteiger partial charge on any atom is 0.243 e. The molecule has 0 aromatic carbocycles. The number of carbonyl (C=O) groups is 1. The van der Waals surface area contributed by atoms with Crippen LogP contribution in [-0.4, -0.2) is 25.0 Å². The molecule has 0 bridgehead atoms. The van der Waals surface area contributed by atoms with Gasteiger partial charge in [-0.1, -0.05) is 13.5 Å². The lowest BCUT2D eigenvalue weighted by molar-refractivity contribution is -0.117. The molecule has 2 N–H and O–H groups in total. The molecule has 2 atom stereocenters. The van der Waals surface area contributed by atoms with E-state index in [-0.39, 0.29) is 11.9 Å². The van der Waals surface area contributed by atoms with Gasteiger partial charge in [0.15, 0.2) is 0 Å². The van der Waals surface area contributed by atoms with Crippen LogP contribution < -0.4 is 10.6 Å². The Morgan fingerprint density at radius 1 is 1.75 bits per heavy atom. The van der Waals surface area contributed by atoms with Gasteiger partial charge in [0.1, 0.15) is 0 Å². The van der Waals surface area contributed by atoms with E-state index in [1.165, 1.54) is 6.08 Å². The van der Waals surface area contributed by atoms with Crippen LogP contribution in [0.1, 0.15) is 13.3 Å².